The average Bonchev–Trinajstić information content (AvgIpc) is 2.97. The number of hydrogen-bond acceptors (Lipinski definition) is 4. The van der Waals surface area contributed by atoms with Crippen molar-refractivity contribution in [1.82, 2.24) is 4.90 Å². The predicted molar refractivity (Wildman–Crippen MR) is 84.7 cm³/mol. The molecule has 1 aromatic rings. The Morgan fingerprint density at radius 1 is 1.40 bits per heavy atom. The van der Waals surface area contributed by atoms with Crippen LogP contribution in [0.25, 0.3) is 0 Å². The predicted octanol–water partition coefficient (Wildman–Crippen LogP) is 3.02. The molecule has 6 heteroatoms. The summed E-state index contributed by atoms with van der Waals surface area (Å²) in [4.78, 5) is 15.1. The molecule has 0 amide bonds. The second-order valence-electron chi connectivity index (χ2n) is 5.17. The summed E-state index contributed by atoms with van der Waals surface area (Å²) in [5.74, 6) is 0. The molecule has 2 rings (SSSR count). The van der Waals surface area contributed by atoms with Gasteiger partial charge in [0.15, 0.2) is 0 Å². The topological polar surface area (TPSA) is 49.6 Å². The van der Waals surface area contributed by atoms with Gasteiger partial charge in [-0.05, 0) is 37.6 Å². The minimum atomic E-state index is -0.347. The highest BCUT2D eigenvalue weighted by atomic mass is 79.9. The van der Waals surface area contributed by atoms with Crippen molar-refractivity contribution in [1.29, 1.82) is 0 Å². The normalized spacial score (nSPS) is 15.5. The fraction of sp³-hybridized carbons (Fsp3) is 0.571. The Bertz CT molecular complexity index is 475. The molecule has 5 nitrogen and oxygen atoms in total. The van der Waals surface area contributed by atoms with E-state index in [1.807, 2.05) is 13.1 Å². The van der Waals surface area contributed by atoms with Crippen LogP contribution in [0.15, 0.2) is 18.2 Å². The number of likely N-dealkylation sites (N-methyl/N-ethyl adjacent to an activating group) is 1. The first-order valence-corrected chi connectivity index (χ1v) is 8.00. The van der Waals surface area contributed by atoms with E-state index in [1.165, 1.54) is 25.9 Å². The van der Waals surface area contributed by atoms with Gasteiger partial charge in [-0.3, -0.25) is 10.1 Å². The minimum Gasteiger partial charge on any atom is -0.373 e. The third-order valence-corrected chi connectivity index (χ3v) is 4.38. The van der Waals surface area contributed by atoms with Gasteiger partial charge in [0.05, 0.1) is 4.92 Å². The molecule has 0 radical (unpaired) electrons. The Labute approximate surface area is 127 Å². The van der Waals surface area contributed by atoms with Crippen LogP contribution in [-0.2, 0) is 5.33 Å². The van der Waals surface area contributed by atoms with E-state index in [2.05, 4.69) is 25.7 Å². The van der Waals surface area contributed by atoms with Crippen LogP contribution < -0.4 is 4.90 Å². The highest BCUT2D eigenvalue weighted by Crippen LogP contribution is 2.26. The van der Waals surface area contributed by atoms with Crippen molar-refractivity contribution in [2.24, 2.45) is 0 Å². The molecule has 0 atom stereocenters. The van der Waals surface area contributed by atoms with Crippen molar-refractivity contribution in [3.63, 3.8) is 0 Å². The van der Waals surface area contributed by atoms with Crippen molar-refractivity contribution < 1.29 is 4.92 Å². The van der Waals surface area contributed by atoms with Gasteiger partial charge in [0.1, 0.15) is 0 Å². The Morgan fingerprint density at radius 3 is 2.70 bits per heavy atom. The zero-order valence-corrected chi connectivity index (χ0v) is 13.3. The molecule has 0 bridgehead atoms. The van der Waals surface area contributed by atoms with Crippen LogP contribution in [0.2, 0.25) is 0 Å². The summed E-state index contributed by atoms with van der Waals surface area (Å²) >= 11 is 3.42. The summed E-state index contributed by atoms with van der Waals surface area (Å²) in [6, 6.07) is 5.07. The lowest BCUT2D eigenvalue weighted by Crippen LogP contribution is -2.31. The first kappa shape index (κ1) is 15.3. The lowest BCUT2D eigenvalue weighted by molar-refractivity contribution is -0.384. The first-order chi connectivity index (χ1) is 9.61. The molecule has 0 N–H and O–H groups in total. The molecular weight excluding hydrogens is 322 g/mol. The molecule has 0 aliphatic carbocycles. The molecule has 1 fully saturated rings. The standard InChI is InChI=1S/C14H20BrN3O2/c1-16(8-9-17-6-2-3-7-17)14-5-4-13(18(19)20)10-12(14)11-15/h4-5,10H,2-3,6-9,11H2,1H3. The van der Waals surface area contributed by atoms with Crippen molar-refractivity contribution in [2.75, 3.05) is 38.1 Å². The summed E-state index contributed by atoms with van der Waals surface area (Å²) in [5.41, 5.74) is 2.17. The van der Waals surface area contributed by atoms with E-state index >= 15 is 0 Å². The lowest BCUT2D eigenvalue weighted by atomic mass is 10.1. The van der Waals surface area contributed by atoms with Crippen LogP contribution in [0.3, 0.4) is 0 Å². The summed E-state index contributed by atoms with van der Waals surface area (Å²) in [6.45, 7) is 4.38. The number of nitrogens with zero attached hydrogens (tertiary/aromatic N) is 3. The van der Waals surface area contributed by atoms with Gasteiger partial charge < -0.3 is 9.80 Å². The van der Waals surface area contributed by atoms with Crippen molar-refractivity contribution >= 4 is 27.3 Å². The molecule has 0 saturated carbocycles. The van der Waals surface area contributed by atoms with E-state index in [9.17, 15) is 10.1 Å². The Balaban J connectivity index is 2.04. The van der Waals surface area contributed by atoms with Gasteiger partial charge in [-0.25, -0.2) is 0 Å². The molecule has 1 aliphatic rings. The summed E-state index contributed by atoms with van der Waals surface area (Å²) < 4.78 is 0. The molecule has 20 heavy (non-hydrogen) atoms. The third kappa shape index (κ3) is 3.70. The van der Waals surface area contributed by atoms with Gasteiger partial charge >= 0.3 is 0 Å². The zero-order valence-electron chi connectivity index (χ0n) is 11.7. The number of likely N-dealkylation sites (tertiary alicyclic amines) is 1. The number of nitro groups is 1. The van der Waals surface area contributed by atoms with Crippen molar-refractivity contribution in [3.8, 4) is 0 Å². The van der Waals surface area contributed by atoms with E-state index in [1.54, 1.807) is 12.1 Å². The van der Waals surface area contributed by atoms with Gasteiger partial charge in [-0.2, -0.15) is 0 Å². The monoisotopic (exact) mass is 341 g/mol. The molecule has 0 unspecified atom stereocenters. The number of non-ortho nitro benzene ring substituents is 1. The first-order valence-electron chi connectivity index (χ1n) is 6.88. The van der Waals surface area contributed by atoms with Crippen LogP contribution in [0.5, 0.6) is 0 Å². The Morgan fingerprint density at radius 2 is 2.10 bits per heavy atom. The number of halogens is 1. The van der Waals surface area contributed by atoms with Crippen LogP contribution in [-0.4, -0.2) is 43.0 Å². The van der Waals surface area contributed by atoms with Gasteiger partial charge in [-0.1, -0.05) is 15.9 Å². The van der Waals surface area contributed by atoms with E-state index in [0.717, 1.165) is 24.3 Å². The molecule has 1 aliphatic heterocycles. The lowest BCUT2D eigenvalue weighted by Gasteiger charge is -2.24. The quantitative estimate of drug-likeness (QED) is 0.453. The fourth-order valence-corrected chi connectivity index (χ4v) is 3.03. The van der Waals surface area contributed by atoms with Gasteiger partial charge in [0.2, 0.25) is 0 Å². The second-order valence-corrected chi connectivity index (χ2v) is 5.73. The van der Waals surface area contributed by atoms with E-state index in [-0.39, 0.29) is 10.6 Å². The number of alkyl halides is 1. The number of rotatable bonds is 6. The van der Waals surface area contributed by atoms with Crippen LogP contribution in [0.1, 0.15) is 18.4 Å². The molecule has 1 heterocycles. The molecule has 0 spiro atoms. The molecule has 1 aromatic carbocycles. The smallest absolute Gasteiger partial charge is 0.269 e. The number of nitro benzene ring substituents is 1. The highest BCUT2D eigenvalue weighted by molar-refractivity contribution is 9.08. The summed E-state index contributed by atoms with van der Waals surface area (Å²) in [5, 5.41) is 11.4. The molecular formula is C14H20BrN3O2. The maximum absolute atomic E-state index is 10.8. The number of hydrogen-bond donors (Lipinski definition) is 0. The van der Waals surface area contributed by atoms with Crippen molar-refractivity contribution in [3.05, 3.63) is 33.9 Å². The fourth-order valence-electron chi connectivity index (χ4n) is 2.58. The van der Waals surface area contributed by atoms with Gasteiger partial charge in [0.25, 0.3) is 5.69 Å². The SMILES string of the molecule is CN(CCN1CCCC1)c1ccc([N+](=O)[O-])cc1CBr. The average molecular weight is 342 g/mol. The molecule has 0 aromatic heterocycles. The molecule has 110 valence electrons. The Kier molecular flexibility index (Phi) is 5.37. The van der Waals surface area contributed by atoms with Crippen molar-refractivity contribution in [2.45, 2.75) is 18.2 Å². The third-order valence-electron chi connectivity index (χ3n) is 3.78. The summed E-state index contributed by atoms with van der Waals surface area (Å²) in [7, 11) is 2.05. The summed E-state index contributed by atoms with van der Waals surface area (Å²) in [6.07, 6.45) is 2.60. The Hall–Kier alpha value is -1.14. The zero-order chi connectivity index (χ0) is 14.5. The number of benzene rings is 1. The van der Waals surface area contributed by atoms with E-state index < -0.39 is 0 Å². The second kappa shape index (κ2) is 7.04. The van der Waals surface area contributed by atoms with E-state index in [4.69, 9.17) is 0 Å². The van der Waals surface area contributed by atoms with Crippen LogP contribution in [0.4, 0.5) is 11.4 Å². The van der Waals surface area contributed by atoms with Crippen LogP contribution >= 0.6 is 15.9 Å². The number of anilines is 1. The maximum Gasteiger partial charge on any atom is 0.269 e. The maximum atomic E-state index is 10.8. The van der Waals surface area contributed by atoms with E-state index in [0.29, 0.717) is 5.33 Å². The minimum absolute atomic E-state index is 0.149. The van der Waals surface area contributed by atoms with Crippen LogP contribution in [0, 0.1) is 10.1 Å². The van der Waals surface area contributed by atoms with Gasteiger partial charge in [0, 0.05) is 43.3 Å². The molecule has 1 saturated heterocycles. The van der Waals surface area contributed by atoms with Gasteiger partial charge in [-0.15, -0.1) is 0 Å². The highest BCUT2D eigenvalue weighted by Gasteiger charge is 2.15. The largest absolute Gasteiger partial charge is 0.373 e.